The van der Waals surface area contributed by atoms with Crippen molar-refractivity contribution < 1.29 is 4.42 Å². The molecule has 5 heteroatoms. The molecule has 0 saturated carbocycles. The number of aromatic nitrogens is 1. The van der Waals surface area contributed by atoms with Crippen molar-refractivity contribution in [2.45, 2.75) is 20.3 Å². The van der Waals surface area contributed by atoms with E-state index in [4.69, 9.17) is 27.6 Å². The summed E-state index contributed by atoms with van der Waals surface area (Å²) in [5, 5.41) is 4.37. The molecule has 0 amide bonds. The van der Waals surface area contributed by atoms with E-state index >= 15 is 0 Å². The van der Waals surface area contributed by atoms with Crippen LogP contribution in [0.4, 0.5) is 0 Å². The second-order valence-corrected chi connectivity index (χ2v) is 5.85. The van der Waals surface area contributed by atoms with Crippen molar-refractivity contribution >= 4 is 23.2 Å². The van der Waals surface area contributed by atoms with E-state index in [-0.39, 0.29) is 0 Å². The Hall–Kier alpha value is -1.03. The average molecular weight is 313 g/mol. The highest BCUT2D eigenvalue weighted by Crippen LogP contribution is 2.33. The van der Waals surface area contributed by atoms with Crippen molar-refractivity contribution in [3.05, 3.63) is 40.3 Å². The van der Waals surface area contributed by atoms with E-state index in [1.165, 1.54) is 0 Å². The molecule has 1 aromatic heterocycles. The average Bonchev–Trinajstić information content (AvgIpc) is 2.86. The summed E-state index contributed by atoms with van der Waals surface area (Å²) < 4.78 is 5.72. The molecule has 0 unspecified atom stereocenters. The molecule has 0 aliphatic rings. The van der Waals surface area contributed by atoms with E-state index in [0.29, 0.717) is 27.6 Å². The van der Waals surface area contributed by atoms with Crippen LogP contribution in [0.2, 0.25) is 10.0 Å². The maximum Gasteiger partial charge on any atom is 0.196 e. The van der Waals surface area contributed by atoms with Gasteiger partial charge in [-0.3, -0.25) is 0 Å². The van der Waals surface area contributed by atoms with Crippen LogP contribution in [0.5, 0.6) is 0 Å². The molecule has 1 N–H and O–H groups in total. The summed E-state index contributed by atoms with van der Waals surface area (Å²) in [6.07, 6.45) is 2.44. The Bertz CT molecular complexity index is 567. The first-order valence-electron chi connectivity index (χ1n) is 6.67. The van der Waals surface area contributed by atoms with Gasteiger partial charge in [-0.15, -0.1) is 0 Å². The Labute approximate surface area is 129 Å². The SMILES string of the molecule is CC(C)CNCCc1ncc(-c2cccc(Cl)c2Cl)o1. The number of oxazole rings is 1. The van der Waals surface area contributed by atoms with Crippen molar-refractivity contribution in [2.75, 3.05) is 13.1 Å². The third kappa shape index (κ3) is 3.98. The molecular formula is C15H18Cl2N2O. The van der Waals surface area contributed by atoms with Crippen LogP contribution >= 0.6 is 23.2 Å². The van der Waals surface area contributed by atoms with Crippen molar-refractivity contribution in [2.24, 2.45) is 5.92 Å². The van der Waals surface area contributed by atoms with Gasteiger partial charge in [-0.25, -0.2) is 4.98 Å². The van der Waals surface area contributed by atoms with E-state index in [1.807, 2.05) is 12.1 Å². The van der Waals surface area contributed by atoms with Crippen molar-refractivity contribution in [1.82, 2.24) is 10.3 Å². The zero-order chi connectivity index (χ0) is 14.5. The van der Waals surface area contributed by atoms with Crippen LogP contribution in [0.25, 0.3) is 11.3 Å². The van der Waals surface area contributed by atoms with Gasteiger partial charge in [0.2, 0.25) is 0 Å². The molecule has 2 rings (SSSR count). The summed E-state index contributed by atoms with van der Waals surface area (Å²) in [5.41, 5.74) is 0.771. The van der Waals surface area contributed by atoms with Gasteiger partial charge in [0, 0.05) is 18.5 Å². The number of halogens is 2. The van der Waals surface area contributed by atoms with Crippen LogP contribution in [0.3, 0.4) is 0 Å². The highest BCUT2D eigenvalue weighted by molar-refractivity contribution is 6.43. The monoisotopic (exact) mass is 312 g/mol. The highest BCUT2D eigenvalue weighted by Gasteiger charge is 2.11. The van der Waals surface area contributed by atoms with E-state index in [9.17, 15) is 0 Å². The number of rotatable bonds is 6. The molecular weight excluding hydrogens is 295 g/mol. The molecule has 0 radical (unpaired) electrons. The zero-order valence-electron chi connectivity index (χ0n) is 11.6. The smallest absolute Gasteiger partial charge is 0.196 e. The van der Waals surface area contributed by atoms with Crippen LogP contribution in [-0.4, -0.2) is 18.1 Å². The lowest BCUT2D eigenvalue weighted by molar-refractivity contribution is 0.483. The molecule has 20 heavy (non-hydrogen) atoms. The quantitative estimate of drug-likeness (QED) is 0.801. The minimum Gasteiger partial charge on any atom is -0.441 e. The van der Waals surface area contributed by atoms with Gasteiger partial charge in [0.05, 0.1) is 16.2 Å². The first-order valence-corrected chi connectivity index (χ1v) is 7.43. The number of hydrogen-bond acceptors (Lipinski definition) is 3. The summed E-state index contributed by atoms with van der Waals surface area (Å²) in [7, 11) is 0. The minimum absolute atomic E-state index is 0.495. The van der Waals surface area contributed by atoms with Crippen molar-refractivity contribution in [3.63, 3.8) is 0 Å². The van der Waals surface area contributed by atoms with Gasteiger partial charge in [-0.2, -0.15) is 0 Å². The van der Waals surface area contributed by atoms with Crippen LogP contribution in [0, 0.1) is 5.92 Å². The number of benzene rings is 1. The summed E-state index contributed by atoms with van der Waals surface area (Å²) in [4.78, 5) is 4.27. The molecule has 0 spiro atoms. The Morgan fingerprint density at radius 3 is 2.85 bits per heavy atom. The van der Waals surface area contributed by atoms with Crippen LogP contribution in [0.15, 0.2) is 28.8 Å². The Kier molecular flexibility index (Phi) is 5.46. The van der Waals surface area contributed by atoms with Gasteiger partial charge >= 0.3 is 0 Å². The van der Waals surface area contributed by atoms with E-state index < -0.39 is 0 Å². The van der Waals surface area contributed by atoms with Gasteiger partial charge in [-0.1, -0.05) is 43.1 Å². The van der Waals surface area contributed by atoms with E-state index in [1.54, 1.807) is 12.3 Å². The first kappa shape index (κ1) is 15.4. The third-order valence-corrected chi connectivity index (χ3v) is 3.66. The second-order valence-electron chi connectivity index (χ2n) is 5.07. The summed E-state index contributed by atoms with van der Waals surface area (Å²) >= 11 is 12.2. The van der Waals surface area contributed by atoms with Crippen LogP contribution in [-0.2, 0) is 6.42 Å². The summed E-state index contributed by atoms with van der Waals surface area (Å²) in [6.45, 7) is 6.20. The summed E-state index contributed by atoms with van der Waals surface area (Å²) in [6, 6.07) is 5.46. The Balaban J connectivity index is 2.00. The zero-order valence-corrected chi connectivity index (χ0v) is 13.1. The molecule has 3 nitrogen and oxygen atoms in total. The fourth-order valence-corrected chi connectivity index (χ4v) is 2.22. The van der Waals surface area contributed by atoms with Gasteiger partial charge < -0.3 is 9.73 Å². The van der Waals surface area contributed by atoms with Crippen LogP contribution < -0.4 is 5.32 Å². The fourth-order valence-electron chi connectivity index (χ4n) is 1.83. The molecule has 108 valence electrons. The lowest BCUT2D eigenvalue weighted by Gasteiger charge is -2.05. The maximum absolute atomic E-state index is 6.17. The molecule has 0 saturated heterocycles. The molecule has 1 aromatic carbocycles. The Morgan fingerprint density at radius 2 is 2.10 bits per heavy atom. The summed E-state index contributed by atoms with van der Waals surface area (Å²) in [5.74, 6) is 1.99. The molecule has 0 bridgehead atoms. The minimum atomic E-state index is 0.495. The topological polar surface area (TPSA) is 38.1 Å². The molecule has 0 aliphatic heterocycles. The van der Waals surface area contributed by atoms with E-state index in [2.05, 4.69) is 24.1 Å². The van der Waals surface area contributed by atoms with Gasteiger partial charge in [0.1, 0.15) is 0 Å². The van der Waals surface area contributed by atoms with Gasteiger partial charge in [0.25, 0.3) is 0 Å². The first-order chi connectivity index (χ1) is 9.58. The molecule has 1 heterocycles. The maximum atomic E-state index is 6.17. The molecule has 0 aliphatic carbocycles. The normalized spacial score (nSPS) is 11.2. The number of hydrogen-bond donors (Lipinski definition) is 1. The van der Waals surface area contributed by atoms with Crippen LogP contribution in [0.1, 0.15) is 19.7 Å². The Morgan fingerprint density at radius 1 is 1.30 bits per heavy atom. The van der Waals surface area contributed by atoms with Gasteiger partial charge in [-0.05, 0) is 24.6 Å². The van der Waals surface area contributed by atoms with Gasteiger partial charge in [0.15, 0.2) is 11.7 Å². The second kappa shape index (κ2) is 7.11. The van der Waals surface area contributed by atoms with E-state index in [0.717, 1.165) is 25.1 Å². The predicted molar refractivity (Wildman–Crippen MR) is 83.4 cm³/mol. The molecule has 2 aromatic rings. The van der Waals surface area contributed by atoms with Crippen molar-refractivity contribution in [3.8, 4) is 11.3 Å². The predicted octanol–water partition coefficient (Wildman–Crippen LogP) is 4.44. The van der Waals surface area contributed by atoms with Crippen molar-refractivity contribution in [1.29, 1.82) is 0 Å². The molecule has 0 atom stereocenters. The lowest BCUT2D eigenvalue weighted by atomic mass is 10.2. The number of nitrogens with one attached hydrogen (secondary N) is 1. The molecule has 0 fully saturated rings. The lowest BCUT2D eigenvalue weighted by Crippen LogP contribution is -2.22. The largest absolute Gasteiger partial charge is 0.441 e. The number of nitrogens with zero attached hydrogens (tertiary/aromatic N) is 1. The fraction of sp³-hybridized carbons (Fsp3) is 0.400. The standard InChI is InChI=1S/C15H18Cl2N2O/c1-10(2)8-18-7-6-14-19-9-13(20-14)11-4-3-5-12(16)15(11)17/h3-5,9-10,18H,6-8H2,1-2H3. The third-order valence-electron chi connectivity index (χ3n) is 2.84. The highest BCUT2D eigenvalue weighted by atomic mass is 35.5.